The van der Waals surface area contributed by atoms with E-state index in [1.165, 1.54) is 0 Å². The summed E-state index contributed by atoms with van der Waals surface area (Å²) in [6.07, 6.45) is 3.29. The Kier molecular flexibility index (Phi) is 5.99. The van der Waals surface area contributed by atoms with Crippen LogP contribution in [0.1, 0.15) is 25.3 Å². The van der Waals surface area contributed by atoms with Crippen molar-refractivity contribution in [2.24, 2.45) is 5.92 Å². The summed E-state index contributed by atoms with van der Waals surface area (Å²) in [6, 6.07) is 11.1. The highest BCUT2D eigenvalue weighted by molar-refractivity contribution is 6.30. The Hall–Kier alpha value is -2.93. The molecule has 2 aromatic heterocycles. The van der Waals surface area contributed by atoms with Gasteiger partial charge in [-0.05, 0) is 49.6 Å². The molecule has 1 saturated heterocycles. The topological polar surface area (TPSA) is 80.1 Å². The van der Waals surface area contributed by atoms with E-state index in [9.17, 15) is 9.59 Å². The molecular formula is C22H24ClN5O2. The molecule has 0 spiro atoms. The van der Waals surface area contributed by atoms with Crippen molar-refractivity contribution < 1.29 is 4.79 Å². The van der Waals surface area contributed by atoms with Crippen LogP contribution in [-0.2, 0) is 17.9 Å². The first-order chi connectivity index (χ1) is 14.6. The molecule has 1 amide bonds. The van der Waals surface area contributed by atoms with Gasteiger partial charge in [0.1, 0.15) is 5.52 Å². The Bertz CT molecular complexity index is 1110. The van der Waals surface area contributed by atoms with Crippen LogP contribution in [0.3, 0.4) is 0 Å². The molecule has 7 nitrogen and oxygen atoms in total. The minimum Gasteiger partial charge on any atom is -0.352 e. The molecule has 156 valence electrons. The molecule has 0 radical (unpaired) electrons. The van der Waals surface area contributed by atoms with E-state index < -0.39 is 0 Å². The number of aromatic nitrogens is 3. The fraction of sp³-hybridized carbons (Fsp3) is 0.364. The van der Waals surface area contributed by atoms with Gasteiger partial charge in [0.2, 0.25) is 5.91 Å². The average molecular weight is 426 g/mol. The van der Waals surface area contributed by atoms with Crippen LogP contribution in [0.25, 0.3) is 11.2 Å². The summed E-state index contributed by atoms with van der Waals surface area (Å²) in [5.74, 6) is 0.201. The Balaban J connectivity index is 1.51. The number of nitrogens with one attached hydrogen (secondary N) is 1. The van der Waals surface area contributed by atoms with Crippen LogP contribution in [0.5, 0.6) is 0 Å². The van der Waals surface area contributed by atoms with Crippen LogP contribution in [0.15, 0.2) is 47.4 Å². The predicted octanol–water partition coefficient (Wildman–Crippen LogP) is 3.00. The van der Waals surface area contributed by atoms with Crippen molar-refractivity contribution in [1.29, 1.82) is 0 Å². The molecule has 1 fully saturated rings. The maximum Gasteiger partial charge on any atom is 0.295 e. The van der Waals surface area contributed by atoms with E-state index in [4.69, 9.17) is 11.6 Å². The number of carbonyl (C=O) groups is 1. The van der Waals surface area contributed by atoms with E-state index in [1.54, 1.807) is 10.8 Å². The second-order valence-corrected chi connectivity index (χ2v) is 7.90. The Labute approximate surface area is 179 Å². The molecule has 1 unspecified atom stereocenters. The molecular weight excluding hydrogens is 402 g/mol. The van der Waals surface area contributed by atoms with Crippen LogP contribution in [0.2, 0.25) is 5.02 Å². The number of benzene rings is 1. The van der Waals surface area contributed by atoms with Crippen LogP contribution in [0.4, 0.5) is 5.82 Å². The molecule has 1 atom stereocenters. The fourth-order valence-corrected chi connectivity index (χ4v) is 4.01. The van der Waals surface area contributed by atoms with Crippen molar-refractivity contribution >= 4 is 34.5 Å². The number of carbonyl (C=O) groups excluding carboxylic acids is 1. The third-order valence-corrected chi connectivity index (χ3v) is 5.72. The molecule has 0 bridgehead atoms. The van der Waals surface area contributed by atoms with E-state index in [0.29, 0.717) is 48.2 Å². The van der Waals surface area contributed by atoms with Crippen LogP contribution >= 0.6 is 11.6 Å². The summed E-state index contributed by atoms with van der Waals surface area (Å²) in [4.78, 5) is 36.6. The normalized spacial score (nSPS) is 16.6. The number of aryl methyl sites for hydroxylation is 1. The number of hydrogen-bond donors (Lipinski definition) is 1. The standard InChI is InChI=1S/C22H24ClN5O2/c1-2-28-19-18(6-3-11-24-19)26-20(22(28)30)27-12-4-5-16(14-27)21(29)25-13-15-7-9-17(23)10-8-15/h3,6-11,16H,2,4-5,12-14H2,1H3,(H,25,29). The molecule has 0 saturated carbocycles. The SMILES string of the molecule is CCn1c(=O)c(N2CCCC(C(=O)NCc3ccc(Cl)cc3)C2)nc2cccnc21. The van der Waals surface area contributed by atoms with Crippen LogP contribution in [0, 0.1) is 5.92 Å². The zero-order valence-corrected chi connectivity index (χ0v) is 17.6. The number of fused-ring (bicyclic) bond motifs is 1. The first-order valence-electron chi connectivity index (χ1n) is 10.2. The number of halogens is 1. The lowest BCUT2D eigenvalue weighted by atomic mass is 9.97. The van der Waals surface area contributed by atoms with E-state index in [1.807, 2.05) is 48.2 Å². The molecule has 1 N–H and O–H groups in total. The van der Waals surface area contributed by atoms with Crippen LogP contribution < -0.4 is 15.8 Å². The van der Waals surface area contributed by atoms with Gasteiger partial charge >= 0.3 is 0 Å². The van der Waals surface area contributed by atoms with E-state index >= 15 is 0 Å². The molecule has 1 aliphatic rings. The van der Waals surface area contributed by atoms with Gasteiger partial charge in [0.05, 0.1) is 5.92 Å². The second kappa shape index (κ2) is 8.83. The molecule has 30 heavy (non-hydrogen) atoms. The Morgan fingerprint density at radius 3 is 2.83 bits per heavy atom. The maximum absolute atomic E-state index is 13.0. The minimum absolute atomic E-state index is 0.00655. The molecule has 1 aromatic carbocycles. The fourth-order valence-electron chi connectivity index (χ4n) is 3.88. The summed E-state index contributed by atoms with van der Waals surface area (Å²) in [5, 5.41) is 3.67. The second-order valence-electron chi connectivity index (χ2n) is 7.46. The third kappa shape index (κ3) is 4.16. The number of nitrogens with zero attached hydrogens (tertiary/aromatic N) is 4. The molecule has 3 aromatic rings. The van der Waals surface area contributed by atoms with Gasteiger partial charge in [-0.25, -0.2) is 9.97 Å². The van der Waals surface area contributed by atoms with E-state index in [0.717, 1.165) is 18.4 Å². The minimum atomic E-state index is -0.188. The summed E-state index contributed by atoms with van der Waals surface area (Å²) >= 11 is 5.91. The number of rotatable bonds is 5. The zero-order valence-electron chi connectivity index (χ0n) is 16.8. The Morgan fingerprint density at radius 1 is 1.27 bits per heavy atom. The quantitative estimate of drug-likeness (QED) is 0.679. The molecule has 1 aliphatic heterocycles. The third-order valence-electron chi connectivity index (χ3n) is 5.47. The zero-order chi connectivity index (χ0) is 21.1. The van der Waals surface area contributed by atoms with Crippen molar-refractivity contribution in [3.63, 3.8) is 0 Å². The van der Waals surface area contributed by atoms with E-state index in [2.05, 4.69) is 15.3 Å². The Morgan fingerprint density at radius 2 is 2.07 bits per heavy atom. The number of anilines is 1. The molecule has 8 heteroatoms. The highest BCUT2D eigenvalue weighted by Crippen LogP contribution is 2.21. The predicted molar refractivity (Wildman–Crippen MR) is 118 cm³/mol. The number of pyridine rings is 1. The summed E-state index contributed by atoms with van der Waals surface area (Å²) < 4.78 is 1.64. The van der Waals surface area contributed by atoms with E-state index in [-0.39, 0.29) is 17.4 Å². The molecule has 0 aliphatic carbocycles. The number of hydrogen-bond acceptors (Lipinski definition) is 5. The highest BCUT2D eigenvalue weighted by Gasteiger charge is 2.28. The largest absolute Gasteiger partial charge is 0.352 e. The summed E-state index contributed by atoms with van der Waals surface area (Å²) in [7, 11) is 0. The van der Waals surface area contributed by atoms with Gasteiger partial charge in [-0.2, -0.15) is 0 Å². The highest BCUT2D eigenvalue weighted by atomic mass is 35.5. The first-order valence-corrected chi connectivity index (χ1v) is 10.6. The lowest BCUT2D eigenvalue weighted by molar-refractivity contribution is -0.125. The number of amides is 1. The summed E-state index contributed by atoms with van der Waals surface area (Å²) in [5.41, 5.74) is 2.10. The van der Waals surface area contributed by atoms with Crippen molar-refractivity contribution in [1.82, 2.24) is 19.9 Å². The maximum atomic E-state index is 13.0. The lowest BCUT2D eigenvalue weighted by Gasteiger charge is -2.32. The lowest BCUT2D eigenvalue weighted by Crippen LogP contribution is -2.45. The molecule has 4 rings (SSSR count). The van der Waals surface area contributed by atoms with Crippen molar-refractivity contribution in [3.8, 4) is 0 Å². The summed E-state index contributed by atoms with van der Waals surface area (Å²) in [6.45, 7) is 4.07. The first kappa shape index (κ1) is 20.3. The van der Waals surface area contributed by atoms with Gasteiger partial charge in [-0.15, -0.1) is 0 Å². The van der Waals surface area contributed by atoms with Gasteiger partial charge in [-0.3, -0.25) is 14.2 Å². The average Bonchev–Trinajstić information content (AvgIpc) is 2.78. The molecule has 3 heterocycles. The van der Waals surface area contributed by atoms with Crippen molar-refractivity contribution in [3.05, 3.63) is 63.5 Å². The monoisotopic (exact) mass is 425 g/mol. The smallest absolute Gasteiger partial charge is 0.295 e. The van der Waals surface area contributed by atoms with Gasteiger partial charge in [0, 0.05) is 37.4 Å². The number of piperidine rings is 1. The van der Waals surface area contributed by atoms with Crippen LogP contribution in [-0.4, -0.2) is 33.5 Å². The van der Waals surface area contributed by atoms with Crippen molar-refractivity contribution in [2.75, 3.05) is 18.0 Å². The van der Waals surface area contributed by atoms with Gasteiger partial charge in [-0.1, -0.05) is 23.7 Å². The van der Waals surface area contributed by atoms with Gasteiger partial charge in [0.15, 0.2) is 11.5 Å². The van der Waals surface area contributed by atoms with Crippen molar-refractivity contribution in [2.45, 2.75) is 32.9 Å². The van der Waals surface area contributed by atoms with Gasteiger partial charge in [0.25, 0.3) is 5.56 Å². The van der Waals surface area contributed by atoms with Gasteiger partial charge < -0.3 is 10.2 Å².